The molecule has 108 valence electrons. The Morgan fingerprint density at radius 2 is 1.90 bits per heavy atom. The first-order valence-electron chi connectivity index (χ1n) is 7.27. The third-order valence-electron chi connectivity index (χ3n) is 4.83. The molecule has 0 aliphatic heterocycles. The lowest BCUT2D eigenvalue weighted by Crippen LogP contribution is -2.48. The van der Waals surface area contributed by atoms with Crippen LogP contribution in [0.15, 0.2) is 24.3 Å². The fourth-order valence-corrected chi connectivity index (χ4v) is 3.32. The second-order valence-corrected chi connectivity index (χ2v) is 6.89. The Hall–Kier alpha value is -1.04. The topological polar surface area (TPSA) is 44.0 Å². The van der Waals surface area contributed by atoms with Gasteiger partial charge >= 0.3 is 0 Å². The smallest absolute Gasteiger partial charge is 0.0861 e. The lowest BCUT2D eigenvalue weighted by molar-refractivity contribution is -0.0621. The number of nitrogens with zero attached hydrogens (tertiary/aromatic N) is 1. The molecule has 2 rings (SSSR count). The Kier molecular flexibility index (Phi) is 4.42. The number of rotatable bonds is 3. The first-order valence-corrected chi connectivity index (χ1v) is 7.64. The third kappa shape index (κ3) is 3.00. The number of halogens is 1. The molecule has 0 saturated heterocycles. The summed E-state index contributed by atoms with van der Waals surface area (Å²) in [6.45, 7) is 4.02. The van der Waals surface area contributed by atoms with Gasteiger partial charge in [-0.1, -0.05) is 30.7 Å². The van der Waals surface area contributed by atoms with Crippen molar-refractivity contribution in [1.29, 1.82) is 5.26 Å². The van der Waals surface area contributed by atoms with E-state index in [1.54, 1.807) is 6.92 Å². The van der Waals surface area contributed by atoms with E-state index in [4.69, 9.17) is 11.6 Å². The van der Waals surface area contributed by atoms with Crippen molar-refractivity contribution in [2.24, 2.45) is 11.3 Å². The highest BCUT2D eigenvalue weighted by Gasteiger charge is 2.48. The fourth-order valence-electron chi connectivity index (χ4n) is 3.19. The standard InChI is InChI=1S/C17H22ClNO/c1-13-7-9-17(12-19,10-8-13)16(2,20)11-14-3-5-15(18)6-4-14/h3-6,13,20H,7-11H2,1-2H3. The maximum absolute atomic E-state index is 10.9. The number of aliphatic hydroxyl groups is 1. The van der Waals surface area contributed by atoms with Crippen molar-refractivity contribution in [2.45, 2.75) is 51.6 Å². The van der Waals surface area contributed by atoms with Gasteiger partial charge in [0.2, 0.25) is 0 Å². The van der Waals surface area contributed by atoms with Crippen LogP contribution in [-0.4, -0.2) is 10.7 Å². The quantitative estimate of drug-likeness (QED) is 0.899. The molecule has 1 fully saturated rings. The number of nitriles is 1. The minimum Gasteiger partial charge on any atom is -0.388 e. The van der Waals surface area contributed by atoms with E-state index in [9.17, 15) is 10.4 Å². The summed E-state index contributed by atoms with van der Waals surface area (Å²) < 4.78 is 0. The monoisotopic (exact) mass is 291 g/mol. The van der Waals surface area contributed by atoms with Crippen molar-refractivity contribution in [3.05, 3.63) is 34.9 Å². The highest BCUT2D eigenvalue weighted by Crippen LogP contribution is 2.47. The maximum atomic E-state index is 10.9. The zero-order valence-electron chi connectivity index (χ0n) is 12.2. The molecule has 3 heteroatoms. The van der Waals surface area contributed by atoms with Crippen LogP contribution in [0, 0.1) is 22.7 Å². The van der Waals surface area contributed by atoms with E-state index >= 15 is 0 Å². The van der Waals surface area contributed by atoms with Gasteiger partial charge in [-0.05, 0) is 56.2 Å². The summed E-state index contributed by atoms with van der Waals surface area (Å²) in [5.74, 6) is 0.655. The van der Waals surface area contributed by atoms with Gasteiger partial charge in [0.15, 0.2) is 0 Å². The molecule has 1 aromatic carbocycles. The van der Waals surface area contributed by atoms with Crippen LogP contribution >= 0.6 is 11.6 Å². The first kappa shape index (κ1) is 15.4. The molecule has 1 aliphatic carbocycles. The van der Waals surface area contributed by atoms with Crippen molar-refractivity contribution >= 4 is 11.6 Å². The summed E-state index contributed by atoms with van der Waals surface area (Å²) in [6, 6.07) is 9.94. The van der Waals surface area contributed by atoms with E-state index in [-0.39, 0.29) is 0 Å². The number of hydrogen-bond donors (Lipinski definition) is 1. The number of hydrogen-bond acceptors (Lipinski definition) is 2. The van der Waals surface area contributed by atoms with Crippen molar-refractivity contribution in [2.75, 3.05) is 0 Å². The molecule has 0 bridgehead atoms. The van der Waals surface area contributed by atoms with Gasteiger partial charge in [0.05, 0.1) is 17.1 Å². The second kappa shape index (κ2) is 5.76. The predicted molar refractivity (Wildman–Crippen MR) is 81.5 cm³/mol. The molecule has 1 saturated carbocycles. The van der Waals surface area contributed by atoms with Gasteiger partial charge in [0.1, 0.15) is 0 Å². The Morgan fingerprint density at radius 3 is 2.40 bits per heavy atom. The van der Waals surface area contributed by atoms with Crippen LogP contribution in [0.5, 0.6) is 0 Å². The van der Waals surface area contributed by atoms with Crippen LogP contribution in [0.25, 0.3) is 0 Å². The summed E-state index contributed by atoms with van der Waals surface area (Å²) in [6.07, 6.45) is 4.09. The van der Waals surface area contributed by atoms with Gasteiger partial charge in [0.25, 0.3) is 0 Å². The minimum absolute atomic E-state index is 0.492. The molecule has 0 amide bonds. The van der Waals surface area contributed by atoms with Gasteiger partial charge in [-0.3, -0.25) is 0 Å². The fraction of sp³-hybridized carbons (Fsp3) is 0.588. The van der Waals surface area contributed by atoms with Crippen molar-refractivity contribution < 1.29 is 5.11 Å². The molecular formula is C17H22ClNO. The third-order valence-corrected chi connectivity index (χ3v) is 5.09. The summed E-state index contributed by atoms with van der Waals surface area (Å²) >= 11 is 5.89. The molecule has 2 nitrogen and oxygen atoms in total. The predicted octanol–water partition coefficient (Wildman–Crippen LogP) is 4.35. The zero-order chi connectivity index (χ0) is 14.8. The molecule has 0 aromatic heterocycles. The highest BCUT2D eigenvalue weighted by atomic mass is 35.5. The molecule has 1 aliphatic rings. The van der Waals surface area contributed by atoms with Gasteiger partial charge in [-0.2, -0.15) is 5.26 Å². The van der Waals surface area contributed by atoms with E-state index in [1.807, 2.05) is 24.3 Å². The van der Waals surface area contributed by atoms with Crippen LogP contribution in [0.2, 0.25) is 5.02 Å². The summed E-state index contributed by atoms with van der Waals surface area (Å²) in [7, 11) is 0. The van der Waals surface area contributed by atoms with E-state index in [2.05, 4.69) is 13.0 Å². The van der Waals surface area contributed by atoms with Crippen LogP contribution in [0.4, 0.5) is 0 Å². The van der Waals surface area contributed by atoms with Crippen molar-refractivity contribution in [1.82, 2.24) is 0 Å². The average Bonchev–Trinajstić information content (AvgIpc) is 2.42. The van der Waals surface area contributed by atoms with E-state index < -0.39 is 11.0 Å². The molecule has 1 unspecified atom stereocenters. The van der Waals surface area contributed by atoms with Gasteiger partial charge < -0.3 is 5.11 Å². The van der Waals surface area contributed by atoms with Crippen LogP contribution < -0.4 is 0 Å². The molecule has 1 atom stereocenters. The first-order chi connectivity index (χ1) is 9.38. The lowest BCUT2D eigenvalue weighted by Gasteiger charge is -2.44. The normalized spacial score (nSPS) is 29.4. The van der Waals surface area contributed by atoms with Gasteiger partial charge in [-0.25, -0.2) is 0 Å². The van der Waals surface area contributed by atoms with Crippen LogP contribution in [0.1, 0.15) is 45.1 Å². The lowest BCUT2D eigenvalue weighted by atomic mass is 9.61. The van der Waals surface area contributed by atoms with Crippen molar-refractivity contribution in [3.8, 4) is 6.07 Å². The van der Waals surface area contributed by atoms with E-state index in [0.29, 0.717) is 17.4 Å². The summed E-state index contributed by atoms with van der Waals surface area (Å²) in [5, 5.41) is 21.3. The Morgan fingerprint density at radius 1 is 1.35 bits per heavy atom. The van der Waals surface area contributed by atoms with Gasteiger partial charge in [-0.15, -0.1) is 0 Å². The Bertz CT molecular complexity index is 493. The summed E-state index contributed by atoms with van der Waals surface area (Å²) in [5.41, 5.74) is -0.609. The summed E-state index contributed by atoms with van der Waals surface area (Å²) in [4.78, 5) is 0. The largest absolute Gasteiger partial charge is 0.388 e. The minimum atomic E-state index is -1.00. The molecule has 20 heavy (non-hydrogen) atoms. The maximum Gasteiger partial charge on any atom is 0.0861 e. The molecule has 0 spiro atoms. The molecule has 0 radical (unpaired) electrons. The van der Waals surface area contributed by atoms with Crippen LogP contribution in [0.3, 0.4) is 0 Å². The van der Waals surface area contributed by atoms with E-state index in [1.165, 1.54) is 0 Å². The second-order valence-electron chi connectivity index (χ2n) is 6.45. The zero-order valence-corrected chi connectivity index (χ0v) is 13.0. The molecular weight excluding hydrogens is 270 g/mol. The Labute approximate surface area is 126 Å². The Balaban J connectivity index is 2.19. The van der Waals surface area contributed by atoms with Crippen LogP contribution in [-0.2, 0) is 6.42 Å². The number of benzene rings is 1. The molecule has 1 aromatic rings. The van der Waals surface area contributed by atoms with E-state index in [0.717, 1.165) is 31.2 Å². The highest BCUT2D eigenvalue weighted by molar-refractivity contribution is 6.30. The SMILES string of the molecule is CC1CCC(C#N)(C(C)(O)Cc2ccc(Cl)cc2)CC1. The van der Waals surface area contributed by atoms with Gasteiger partial charge in [0, 0.05) is 11.4 Å². The average molecular weight is 292 g/mol. The molecule has 1 N–H and O–H groups in total. The van der Waals surface area contributed by atoms with Crippen molar-refractivity contribution in [3.63, 3.8) is 0 Å². The molecule has 0 heterocycles.